The van der Waals surface area contributed by atoms with E-state index in [0.717, 1.165) is 6.26 Å². The number of para-hydroxylation sites is 1. The van der Waals surface area contributed by atoms with E-state index in [0.29, 0.717) is 16.1 Å². The maximum atomic E-state index is 14.2. The number of hydrogen-bond acceptors (Lipinski definition) is 4. The molecule has 0 aliphatic carbocycles. The van der Waals surface area contributed by atoms with E-state index < -0.39 is 32.9 Å². The summed E-state index contributed by atoms with van der Waals surface area (Å²) >= 11 is -1.29. The number of rotatable bonds is 5. The van der Waals surface area contributed by atoms with Gasteiger partial charge in [-0.2, -0.15) is 18.3 Å². The largest absolute Gasteiger partial charge is 0.612 e. The van der Waals surface area contributed by atoms with E-state index in [1.165, 1.54) is 59.5 Å². The van der Waals surface area contributed by atoms with Gasteiger partial charge in [-0.15, -0.1) is 0 Å². The third-order valence-corrected chi connectivity index (χ3v) is 7.25. The fraction of sp³-hybridized carbons (Fsp3) is 0.125. The van der Waals surface area contributed by atoms with E-state index >= 15 is 0 Å². The molecule has 0 radical (unpaired) electrons. The summed E-state index contributed by atoms with van der Waals surface area (Å²) in [5.74, 6) is 0. The minimum absolute atomic E-state index is 0.0504. The van der Waals surface area contributed by atoms with Crippen LogP contribution in [0.1, 0.15) is 5.69 Å². The Morgan fingerprint density at radius 3 is 1.94 bits per heavy atom. The van der Waals surface area contributed by atoms with Gasteiger partial charge in [-0.25, -0.2) is 13.1 Å². The third kappa shape index (κ3) is 4.75. The molecule has 0 aliphatic heterocycles. The van der Waals surface area contributed by atoms with Crippen molar-refractivity contribution in [1.82, 2.24) is 9.78 Å². The SMILES string of the molecule is C[S+]([O-])c1ccc(-c2c(C(F)(F)F)nn(-c3ccccc3)c2-c2ccc(S(C)(=O)=O)cc2)cc1. The van der Waals surface area contributed by atoms with Crippen LogP contribution in [0.2, 0.25) is 0 Å². The van der Waals surface area contributed by atoms with Crippen LogP contribution >= 0.6 is 0 Å². The average Bonchev–Trinajstić information content (AvgIpc) is 3.20. The van der Waals surface area contributed by atoms with Crippen molar-refractivity contribution in [2.45, 2.75) is 16.0 Å². The quantitative estimate of drug-likeness (QED) is 0.343. The molecule has 0 spiro atoms. The van der Waals surface area contributed by atoms with Gasteiger partial charge in [0.2, 0.25) is 0 Å². The summed E-state index contributed by atoms with van der Waals surface area (Å²) < 4.78 is 79.3. The summed E-state index contributed by atoms with van der Waals surface area (Å²) in [5.41, 5.74) is -0.0687. The predicted octanol–water partition coefficient (Wildman–Crippen LogP) is 5.37. The highest BCUT2D eigenvalue weighted by molar-refractivity contribution is 7.91. The molecule has 5 nitrogen and oxygen atoms in total. The first-order valence-electron chi connectivity index (χ1n) is 9.97. The molecule has 176 valence electrons. The molecule has 1 heterocycles. The fourth-order valence-electron chi connectivity index (χ4n) is 3.59. The standard InChI is InChI=1S/C24H19F3N2O3S2/c1-33(30)19-12-8-16(9-13-19)21-22(17-10-14-20(15-11-17)34(2,31)32)29(18-6-4-3-5-7-18)28-23(21)24(25,26)27/h3-15H,1-2H3. The van der Waals surface area contributed by atoms with E-state index in [2.05, 4.69) is 5.10 Å². The first-order valence-corrected chi connectivity index (χ1v) is 13.4. The maximum absolute atomic E-state index is 14.2. The molecule has 0 aliphatic rings. The van der Waals surface area contributed by atoms with Gasteiger partial charge in [0.25, 0.3) is 0 Å². The third-order valence-electron chi connectivity index (χ3n) is 5.19. The molecule has 10 heteroatoms. The first kappa shape index (κ1) is 24.1. The molecule has 1 atom stereocenters. The molecule has 4 aromatic rings. The van der Waals surface area contributed by atoms with Crippen LogP contribution < -0.4 is 0 Å². The Morgan fingerprint density at radius 2 is 1.44 bits per heavy atom. The van der Waals surface area contributed by atoms with Crippen molar-refractivity contribution in [3.63, 3.8) is 0 Å². The summed E-state index contributed by atoms with van der Waals surface area (Å²) in [4.78, 5) is 0.529. The summed E-state index contributed by atoms with van der Waals surface area (Å²) in [7, 11) is -3.49. The van der Waals surface area contributed by atoms with Gasteiger partial charge in [0.15, 0.2) is 20.4 Å². The Hall–Kier alpha value is -3.08. The van der Waals surface area contributed by atoms with Gasteiger partial charge in [0, 0.05) is 17.4 Å². The second-order valence-electron chi connectivity index (χ2n) is 7.59. The van der Waals surface area contributed by atoms with Gasteiger partial charge in [0.05, 0.1) is 16.3 Å². The van der Waals surface area contributed by atoms with Gasteiger partial charge < -0.3 is 4.55 Å². The van der Waals surface area contributed by atoms with Crippen LogP contribution in [0, 0.1) is 0 Å². The minimum atomic E-state index is -4.76. The normalized spacial score (nSPS) is 13.1. The Morgan fingerprint density at radius 1 is 0.882 bits per heavy atom. The highest BCUT2D eigenvalue weighted by atomic mass is 32.2. The second kappa shape index (κ2) is 8.94. The monoisotopic (exact) mass is 504 g/mol. The van der Waals surface area contributed by atoms with Crippen molar-refractivity contribution in [1.29, 1.82) is 0 Å². The van der Waals surface area contributed by atoms with E-state index in [4.69, 9.17) is 0 Å². The van der Waals surface area contributed by atoms with Crippen LogP contribution in [-0.4, -0.2) is 35.3 Å². The topological polar surface area (TPSA) is 75.0 Å². The summed E-state index contributed by atoms with van der Waals surface area (Å²) in [5, 5.41) is 3.95. The van der Waals surface area contributed by atoms with Crippen LogP contribution in [0.15, 0.2) is 88.7 Å². The molecular weight excluding hydrogens is 485 g/mol. The number of sulfone groups is 1. The highest BCUT2D eigenvalue weighted by Crippen LogP contribution is 2.43. The van der Waals surface area contributed by atoms with Crippen molar-refractivity contribution in [2.24, 2.45) is 0 Å². The molecule has 0 amide bonds. The van der Waals surface area contributed by atoms with E-state index in [1.807, 2.05) is 0 Å². The molecule has 34 heavy (non-hydrogen) atoms. The van der Waals surface area contributed by atoms with Crippen LogP contribution in [0.4, 0.5) is 13.2 Å². The van der Waals surface area contributed by atoms with Crippen molar-refractivity contribution < 1.29 is 26.1 Å². The minimum Gasteiger partial charge on any atom is -0.612 e. The Bertz CT molecular complexity index is 1410. The van der Waals surface area contributed by atoms with Gasteiger partial charge in [-0.1, -0.05) is 30.3 Å². The summed E-state index contributed by atoms with van der Waals surface area (Å²) in [6.45, 7) is 0. The smallest absolute Gasteiger partial charge is 0.435 e. The van der Waals surface area contributed by atoms with E-state index in [1.54, 1.807) is 30.3 Å². The lowest BCUT2D eigenvalue weighted by Crippen LogP contribution is -2.08. The molecule has 3 aromatic carbocycles. The molecule has 0 fully saturated rings. The zero-order chi connectivity index (χ0) is 24.7. The van der Waals surface area contributed by atoms with Gasteiger partial charge in [-0.05, 0) is 65.3 Å². The van der Waals surface area contributed by atoms with Gasteiger partial charge in [0.1, 0.15) is 6.26 Å². The van der Waals surface area contributed by atoms with Crippen LogP contribution in [0.3, 0.4) is 0 Å². The molecule has 0 saturated heterocycles. The molecule has 1 unspecified atom stereocenters. The van der Waals surface area contributed by atoms with Gasteiger partial charge >= 0.3 is 6.18 Å². The number of alkyl halides is 3. The summed E-state index contributed by atoms with van der Waals surface area (Å²) in [6.07, 6.45) is -2.22. The molecule has 1 aromatic heterocycles. The lowest BCUT2D eigenvalue weighted by atomic mass is 9.98. The number of aromatic nitrogens is 2. The predicted molar refractivity (Wildman–Crippen MR) is 125 cm³/mol. The van der Waals surface area contributed by atoms with Crippen LogP contribution in [0.25, 0.3) is 28.1 Å². The number of halogens is 3. The van der Waals surface area contributed by atoms with Crippen molar-refractivity contribution >= 4 is 21.0 Å². The second-order valence-corrected chi connectivity index (χ2v) is 11.0. The zero-order valence-corrected chi connectivity index (χ0v) is 19.7. The Labute approximate surface area is 198 Å². The van der Waals surface area contributed by atoms with Crippen LogP contribution in [-0.2, 0) is 27.2 Å². The van der Waals surface area contributed by atoms with Crippen molar-refractivity contribution in [2.75, 3.05) is 12.5 Å². The molecular formula is C24H19F3N2O3S2. The molecule has 0 bridgehead atoms. The molecule has 4 rings (SSSR count). The first-order chi connectivity index (χ1) is 16.0. The summed E-state index contributed by atoms with van der Waals surface area (Å²) in [6, 6.07) is 20.0. The average molecular weight is 505 g/mol. The fourth-order valence-corrected chi connectivity index (χ4v) is 4.74. The van der Waals surface area contributed by atoms with Crippen LogP contribution in [0.5, 0.6) is 0 Å². The maximum Gasteiger partial charge on any atom is 0.435 e. The number of nitrogens with zero attached hydrogens (tertiary/aromatic N) is 2. The zero-order valence-electron chi connectivity index (χ0n) is 18.1. The molecule has 0 N–H and O–H groups in total. The lowest BCUT2D eigenvalue weighted by Gasteiger charge is -2.12. The van der Waals surface area contributed by atoms with E-state index in [9.17, 15) is 26.1 Å². The number of benzene rings is 3. The Kier molecular flexibility index (Phi) is 6.32. The van der Waals surface area contributed by atoms with Crippen molar-refractivity contribution in [3.05, 3.63) is 84.6 Å². The van der Waals surface area contributed by atoms with Gasteiger partial charge in [-0.3, -0.25) is 0 Å². The van der Waals surface area contributed by atoms with E-state index in [-0.39, 0.29) is 21.7 Å². The lowest BCUT2D eigenvalue weighted by molar-refractivity contribution is -0.140. The highest BCUT2D eigenvalue weighted by Gasteiger charge is 2.40. The Balaban J connectivity index is 2.05. The molecule has 0 saturated carbocycles. The van der Waals surface area contributed by atoms with Crippen molar-refractivity contribution in [3.8, 4) is 28.1 Å². The number of hydrogen-bond donors (Lipinski definition) is 0.